The first-order valence-corrected chi connectivity index (χ1v) is 7.02. The first-order chi connectivity index (χ1) is 8.70. The standard InChI is InChI=1S/C14H18O3S/c1-3-17-11-5-7-12(8-6-11)18-14(9-4-10-14)13(15)16-2/h5-8H,3-4,9-10H2,1-2H3. The summed E-state index contributed by atoms with van der Waals surface area (Å²) >= 11 is 1.61. The van der Waals surface area contributed by atoms with Crippen molar-refractivity contribution >= 4 is 17.7 Å². The largest absolute Gasteiger partial charge is 0.494 e. The molecule has 1 aliphatic carbocycles. The molecule has 2 rings (SSSR count). The Bertz CT molecular complexity index is 410. The molecule has 1 aliphatic rings. The lowest BCUT2D eigenvalue weighted by molar-refractivity contribution is -0.145. The second-order valence-electron chi connectivity index (χ2n) is 4.35. The fourth-order valence-corrected chi connectivity index (χ4v) is 3.41. The van der Waals surface area contributed by atoms with E-state index in [0.717, 1.165) is 29.9 Å². The molecular formula is C14H18O3S. The minimum absolute atomic E-state index is 0.104. The zero-order chi connectivity index (χ0) is 13.0. The fraction of sp³-hybridized carbons (Fsp3) is 0.500. The first-order valence-electron chi connectivity index (χ1n) is 6.20. The summed E-state index contributed by atoms with van der Waals surface area (Å²) in [5.74, 6) is 0.759. The first kappa shape index (κ1) is 13.3. The smallest absolute Gasteiger partial charge is 0.322 e. The molecule has 0 unspecified atom stereocenters. The van der Waals surface area contributed by atoms with Crippen molar-refractivity contribution in [3.63, 3.8) is 0 Å². The zero-order valence-electron chi connectivity index (χ0n) is 10.8. The minimum atomic E-state index is -0.359. The summed E-state index contributed by atoms with van der Waals surface area (Å²) in [6.07, 6.45) is 2.90. The predicted octanol–water partition coefficient (Wildman–Crippen LogP) is 3.27. The van der Waals surface area contributed by atoms with Gasteiger partial charge in [0.15, 0.2) is 0 Å². The van der Waals surface area contributed by atoms with E-state index in [4.69, 9.17) is 9.47 Å². The Hall–Kier alpha value is -1.16. The van der Waals surface area contributed by atoms with Gasteiger partial charge in [-0.25, -0.2) is 0 Å². The number of carbonyl (C=O) groups excluding carboxylic acids is 1. The molecule has 1 saturated carbocycles. The number of rotatable bonds is 5. The molecule has 0 spiro atoms. The van der Waals surface area contributed by atoms with Gasteiger partial charge in [-0.2, -0.15) is 0 Å². The van der Waals surface area contributed by atoms with Crippen LogP contribution in [0, 0.1) is 0 Å². The molecule has 0 bridgehead atoms. The molecule has 3 nitrogen and oxygen atoms in total. The van der Waals surface area contributed by atoms with Crippen molar-refractivity contribution in [3.8, 4) is 5.75 Å². The molecule has 0 radical (unpaired) electrons. The van der Waals surface area contributed by atoms with E-state index in [1.807, 2.05) is 31.2 Å². The van der Waals surface area contributed by atoms with Crippen LogP contribution in [0.1, 0.15) is 26.2 Å². The van der Waals surface area contributed by atoms with Crippen molar-refractivity contribution in [3.05, 3.63) is 24.3 Å². The van der Waals surface area contributed by atoms with E-state index in [2.05, 4.69) is 0 Å². The number of methoxy groups -OCH3 is 1. The van der Waals surface area contributed by atoms with Gasteiger partial charge >= 0.3 is 5.97 Å². The lowest BCUT2D eigenvalue weighted by atomic mass is 9.84. The van der Waals surface area contributed by atoms with Crippen LogP contribution in [0.5, 0.6) is 5.75 Å². The Labute approximate surface area is 112 Å². The quantitative estimate of drug-likeness (QED) is 0.766. The van der Waals surface area contributed by atoms with E-state index in [-0.39, 0.29) is 10.7 Å². The van der Waals surface area contributed by atoms with E-state index in [1.165, 1.54) is 7.11 Å². The highest BCUT2D eigenvalue weighted by Gasteiger charge is 2.46. The van der Waals surface area contributed by atoms with Crippen LogP contribution >= 0.6 is 11.8 Å². The third-order valence-electron chi connectivity index (χ3n) is 3.17. The average molecular weight is 266 g/mol. The maximum absolute atomic E-state index is 11.8. The van der Waals surface area contributed by atoms with Gasteiger partial charge in [0, 0.05) is 4.90 Å². The Balaban J connectivity index is 2.06. The predicted molar refractivity (Wildman–Crippen MR) is 72.1 cm³/mol. The number of thioether (sulfide) groups is 1. The van der Waals surface area contributed by atoms with Gasteiger partial charge in [-0.15, -0.1) is 11.8 Å². The molecule has 0 saturated heterocycles. The van der Waals surface area contributed by atoms with Crippen molar-refractivity contribution in [2.75, 3.05) is 13.7 Å². The van der Waals surface area contributed by atoms with Gasteiger partial charge in [0.2, 0.25) is 0 Å². The molecule has 1 aromatic rings. The minimum Gasteiger partial charge on any atom is -0.494 e. The van der Waals surface area contributed by atoms with Crippen LogP contribution in [0.4, 0.5) is 0 Å². The molecule has 98 valence electrons. The van der Waals surface area contributed by atoms with Crippen molar-refractivity contribution in [1.29, 1.82) is 0 Å². The van der Waals surface area contributed by atoms with Gasteiger partial charge in [-0.3, -0.25) is 4.79 Å². The maximum atomic E-state index is 11.8. The van der Waals surface area contributed by atoms with Crippen molar-refractivity contribution < 1.29 is 14.3 Å². The van der Waals surface area contributed by atoms with E-state index < -0.39 is 0 Å². The van der Waals surface area contributed by atoms with Crippen LogP contribution < -0.4 is 4.74 Å². The van der Waals surface area contributed by atoms with Gasteiger partial charge < -0.3 is 9.47 Å². The number of ether oxygens (including phenoxy) is 2. The molecule has 0 aliphatic heterocycles. The molecule has 0 amide bonds. The number of esters is 1. The van der Waals surface area contributed by atoms with E-state index in [1.54, 1.807) is 11.8 Å². The zero-order valence-corrected chi connectivity index (χ0v) is 11.6. The number of benzene rings is 1. The summed E-state index contributed by atoms with van der Waals surface area (Å²) in [6.45, 7) is 2.63. The molecule has 0 atom stereocenters. The number of carbonyl (C=O) groups is 1. The average Bonchev–Trinajstić information content (AvgIpc) is 2.35. The molecule has 4 heteroatoms. The molecular weight excluding hydrogens is 248 g/mol. The molecule has 18 heavy (non-hydrogen) atoms. The van der Waals surface area contributed by atoms with Gasteiger partial charge in [0.05, 0.1) is 13.7 Å². The molecule has 0 N–H and O–H groups in total. The van der Waals surface area contributed by atoms with Gasteiger partial charge in [-0.05, 0) is 50.5 Å². The summed E-state index contributed by atoms with van der Waals surface area (Å²) in [6, 6.07) is 7.88. The van der Waals surface area contributed by atoms with Crippen LogP contribution in [-0.2, 0) is 9.53 Å². The summed E-state index contributed by atoms with van der Waals surface area (Å²) in [5.41, 5.74) is 0. The van der Waals surface area contributed by atoms with E-state index >= 15 is 0 Å². The lowest BCUT2D eigenvalue weighted by Gasteiger charge is -2.38. The maximum Gasteiger partial charge on any atom is 0.322 e. The number of hydrogen-bond donors (Lipinski definition) is 0. The Kier molecular flexibility index (Phi) is 4.17. The highest BCUT2D eigenvalue weighted by Crippen LogP contribution is 2.48. The second-order valence-corrected chi connectivity index (χ2v) is 5.80. The topological polar surface area (TPSA) is 35.5 Å². The van der Waals surface area contributed by atoms with Crippen LogP contribution in [0.25, 0.3) is 0 Å². The van der Waals surface area contributed by atoms with Crippen LogP contribution in [0.15, 0.2) is 29.2 Å². The summed E-state index contributed by atoms with van der Waals surface area (Å²) in [4.78, 5) is 12.9. The third kappa shape index (κ3) is 2.64. The SMILES string of the molecule is CCOc1ccc(SC2(C(=O)OC)CCC2)cc1. The normalized spacial score (nSPS) is 16.8. The Morgan fingerprint density at radius 2 is 2.00 bits per heavy atom. The molecule has 1 aromatic carbocycles. The van der Waals surface area contributed by atoms with Crippen molar-refractivity contribution in [2.45, 2.75) is 35.8 Å². The molecule has 0 aromatic heterocycles. The number of hydrogen-bond acceptors (Lipinski definition) is 4. The highest BCUT2D eigenvalue weighted by molar-refractivity contribution is 8.01. The van der Waals surface area contributed by atoms with Crippen LogP contribution in [0.2, 0.25) is 0 Å². The van der Waals surface area contributed by atoms with Gasteiger partial charge in [0.25, 0.3) is 0 Å². The summed E-state index contributed by atoms with van der Waals surface area (Å²) in [7, 11) is 1.46. The Morgan fingerprint density at radius 3 is 2.44 bits per heavy atom. The van der Waals surface area contributed by atoms with Gasteiger partial charge in [-0.1, -0.05) is 0 Å². The molecule has 0 heterocycles. The van der Waals surface area contributed by atoms with Crippen molar-refractivity contribution in [1.82, 2.24) is 0 Å². The lowest BCUT2D eigenvalue weighted by Crippen LogP contribution is -2.42. The van der Waals surface area contributed by atoms with E-state index in [9.17, 15) is 4.79 Å². The van der Waals surface area contributed by atoms with E-state index in [0.29, 0.717) is 6.61 Å². The van der Waals surface area contributed by atoms with Crippen LogP contribution in [0.3, 0.4) is 0 Å². The fourth-order valence-electron chi connectivity index (χ4n) is 2.03. The van der Waals surface area contributed by atoms with Crippen molar-refractivity contribution in [2.24, 2.45) is 0 Å². The summed E-state index contributed by atoms with van der Waals surface area (Å²) < 4.78 is 9.95. The van der Waals surface area contributed by atoms with Crippen LogP contribution in [-0.4, -0.2) is 24.4 Å². The summed E-state index contributed by atoms with van der Waals surface area (Å²) in [5, 5.41) is 0. The second kappa shape index (κ2) is 5.65. The van der Waals surface area contributed by atoms with Gasteiger partial charge in [0.1, 0.15) is 10.5 Å². The Morgan fingerprint density at radius 1 is 1.33 bits per heavy atom. The third-order valence-corrected chi connectivity index (χ3v) is 4.64. The monoisotopic (exact) mass is 266 g/mol. The molecule has 1 fully saturated rings. The highest BCUT2D eigenvalue weighted by atomic mass is 32.2.